The lowest BCUT2D eigenvalue weighted by molar-refractivity contribution is -0.159. The Balaban J connectivity index is 1.91. The number of carbonyl (C=O) groups is 2. The van der Waals surface area contributed by atoms with E-state index < -0.39 is 11.5 Å². The number of amides is 1. The molecule has 132 valence electrons. The molecule has 1 atom stereocenters. The predicted octanol–water partition coefficient (Wildman–Crippen LogP) is 3.73. The van der Waals surface area contributed by atoms with Gasteiger partial charge in [-0.3, -0.25) is 9.59 Å². The molecule has 0 spiro atoms. The Hall–Kier alpha value is -1.84. The van der Waals surface area contributed by atoms with Crippen LogP contribution in [-0.4, -0.2) is 24.0 Å². The first-order valence-electron chi connectivity index (χ1n) is 8.98. The maximum absolute atomic E-state index is 12.5. The minimum Gasteiger partial charge on any atom is -0.452 e. The number of ether oxygens (including phenoxy) is 1. The molecule has 1 N–H and O–H groups in total. The third-order valence-electron chi connectivity index (χ3n) is 4.86. The van der Waals surface area contributed by atoms with Crippen LogP contribution in [0.15, 0.2) is 30.3 Å². The third-order valence-corrected chi connectivity index (χ3v) is 4.86. The minimum atomic E-state index is -0.780. The first-order valence-corrected chi connectivity index (χ1v) is 8.98. The van der Waals surface area contributed by atoms with Gasteiger partial charge in [0.2, 0.25) is 0 Å². The molecule has 0 unspecified atom stereocenters. The Morgan fingerprint density at radius 1 is 1.08 bits per heavy atom. The third kappa shape index (κ3) is 4.83. The van der Waals surface area contributed by atoms with Gasteiger partial charge in [-0.25, -0.2) is 0 Å². The fraction of sp³-hybridized carbons (Fsp3) is 0.600. The maximum atomic E-state index is 12.5. The van der Waals surface area contributed by atoms with Crippen molar-refractivity contribution in [1.29, 1.82) is 0 Å². The Labute approximate surface area is 145 Å². The average molecular weight is 331 g/mol. The van der Waals surface area contributed by atoms with E-state index in [1.165, 1.54) is 12.8 Å². The lowest BCUT2D eigenvalue weighted by Crippen LogP contribution is -2.44. The Kier molecular flexibility index (Phi) is 6.41. The van der Waals surface area contributed by atoms with E-state index in [-0.39, 0.29) is 17.9 Å². The van der Waals surface area contributed by atoms with Crippen molar-refractivity contribution in [3.8, 4) is 0 Å². The van der Waals surface area contributed by atoms with Crippen molar-refractivity contribution in [1.82, 2.24) is 5.32 Å². The predicted molar refractivity (Wildman–Crippen MR) is 94.7 cm³/mol. The summed E-state index contributed by atoms with van der Waals surface area (Å²) in [6.07, 6.45) is 6.04. The summed E-state index contributed by atoms with van der Waals surface area (Å²) >= 11 is 0. The Bertz CT molecular complexity index is 545. The van der Waals surface area contributed by atoms with Gasteiger partial charge in [-0.05, 0) is 39.2 Å². The molecule has 1 aliphatic carbocycles. The van der Waals surface area contributed by atoms with Gasteiger partial charge >= 0.3 is 5.97 Å². The molecule has 24 heavy (non-hydrogen) atoms. The van der Waals surface area contributed by atoms with Gasteiger partial charge in [-0.15, -0.1) is 0 Å². The first kappa shape index (κ1) is 18.5. The van der Waals surface area contributed by atoms with E-state index in [2.05, 4.69) is 5.32 Å². The quantitative estimate of drug-likeness (QED) is 0.660. The van der Waals surface area contributed by atoms with Crippen LogP contribution in [0.4, 0.5) is 0 Å². The lowest BCUT2D eigenvalue weighted by atomic mass is 9.85. The molecule has 1 aromatic rings. The van der Waals surface area contributed by atoms with Gasteiger partial charge in [0.25, 0.3) is 5.91 Å². The van der Waals surface area contributed by atoms with E-state index in [1.54, 1.807) is 6.92 Å². The van der Waals surface area contributed by atoms with Crippen molar-refractivity contribution < 1.29 is 14.3 Å². The zero-order valence-corrected chi connectivity index (χ0v) is 15.0. The van der Waals surface area contributed by atoms with Gasteiger partial charge in [-0.2, -0.15) is 0 Å². The second-order valence-corrected chi connectivity index (χ2v) is 7.24. The van der Waals surface area contributed by atoms with Crippen molar-refractivity contribution in [2.75, 3.05) is 0 Å². The van der Waals surface area contributed by atoms with E-state index in [4.69, 9.17) is 4.74 Å². The SMILES string of the molecule is C[C@H](OC(=O)C(C)(C)c1ccccc1)C(=O)NC1CCCCCC1. The fourth-order valence-corrected chi connectivity index (χ4v) is 3.08. The molecular weight excluding hydrogens is 302 g/mol. The van der Waals surface area contributed by atoms with Gasteiger partial charge in [0.05, 0.1) is 5.41 Å². The van der Waals surface area contributed by atoms with Crippen LogP contribution < -0.4 is 5.32 Å². The second-order valence-electron chi connectivity index (χ2n) is 7.24. The minimum absolute atomic E-state index is 0.195. The summed E-state index contributed by atoms with van der Waals surface area (Å²) in [6, 6.07) is 9.71. The van der Waals surface area contributed by atoms with Crippen molar-refractivity contribution in [3.63, 3.8) is 0 Å². The molecule has 1 aliphatic rings. The number of benzene rings is 1. The van der Waals surface area contributed by atoms with Crippen molar-refractivity contribution in [2.24, 2.45) is 0 Å². The van der Waals surface area contributed by atoms with Gasteiger partial charge in [0.15, 0.2) is 6.10 Å². The van der Waals surface area contributed by atoms with E-state index in [9.17, 15) is 9.59 Å². The lowest BCUT2D eigenvalue weighted by Gasteiger charge is -2.26. The van der Waals surface area contributed by atoms with Crippen LogP contribution in [0.5, 0.6) is 0 Å². The molecule has 1 amide bonds. The van der Waals surface area contributed by atoms with Gasteiger partial charge in [-0.1, -0.05) is 56.0 Å². The maximum Gasteiger partial charge on any atom is 0.316 e. The van der Waals surface area contributed by atoms with Gasteiger partial charge < -0.3 is 10.1 Å². The summed E-state index contributed by atoms with van der Waals surface area (Å²) in [5.41, 5.74) is 0.101. The number of rotatable bonds is 5. The van der Waals surface area contributed by atoms with Crippen LogP contribution >= 0.6 is 0 Å². The van der Waals surface area contributed by atoms with E-state index in [1.807, 2.05) is 44.2 Å². The zero-order chi connectivity index (χ0) is 17.6. The zero-order valence-electron chi connectivity index (χ0n) is 15.0. The summed E-state index contributed by atoms with van der Waals surface area (Å²) in [5.74, 6) is -0.573. The molecule has 0 aliphatic heterocycles. The highest BCUT2D eigenvalue weighted by Crippen LogP contribution is 2.25. The fourth-order valence-electron chi connectivity index (χ4n) is 3.08. The molecule has 1 aromatic carbocycles. The van der Waals surface area contributed by atoms with E-state index in [0.29, 0.717) is 0 Å². The number of carbonyl (C=O) groups excluding carboxylic acids is 2. The number of nitrogens with one attached hydrogen (secondary N) is 1. The summed E-state index contributed by atoms with van der Waals surface area (Å²) in [4.78, 5) is 24.9. The number of hydrogen-bond donors (Lipinski definition) is 1. The summed E-state index contributed by atoms with van der Waals surface area (Å²) in [7, 11) is 0. The first-order chi connectivity index (χ1) is 11.4. The molecule has 4 nitrogen and oxygen atoms in total. The normalized spacial score (nSPS) is 17.6. The van der Waals surface area contributed by atoms with Gasteiger partial charge in [0, 0.05) is 6.04 Å². The molecule has 1 saturated carbocycles. The van der Waals surface area contributed by atoms with Crippen LogP contribution in [0, 0.1) is 0 Å². The van der Waals surface area contributed by atoms with E-state index >= 15 is 0 Å². The second kappa shape index (κ2) is 8.32. The molecule has 4 heteroatoms. The molecule has 0 heterocycles. The molecular formula is C20H29NO3. The molecule has 0 saturated heterocycles. The topological polar surface area (TPSA) is 55.4 Å². The number of hydrogen-bond acceptors (Lipinski definition) is 3. The summed E-state index contributed by atoms with van der Waals surface area (Å²) < 4.78 is 5.45. The van der Waals surface area contributed by atoms with Crippen LogP contribution in [-0.2, 0) is 19.7 Å². The van der Waals surface area contributed by atoms with Crippen LogP contribution in [0.25, 0.3) is 0 Å². The average Bonchev–Trinajstić information content (AvgIpc) is 2.84. The standard InChI is InChI=1S/C20H29NO3/c1-15(18(22)21-17-13-9-4-5-10-14-17)24-19(23)20(2,3)16-11-7-6-8-12-16/h6-8,11-12,15,17H,4-5,9-10,13-14H2,1-3H3,(H,21,22)/t15-/m0/s1. The smallest absolute Gasteiger partial charge is 0.316 e. The highest BCUT2D eigenvalue weighted by molar-refractivity contribution is 5.87. The Morgan fingerprint density at radius 3 is 2.25 bits per heavy atom. The largest absolute Gasteiger partial charge is 0.452 e. The summed E-state index contributed by atoms with van der Waals surface area (Å²) in [6.45, 7) is 5.28. The Morgan fingerprint density at radius 2 is 1.67 bits per heavy atom. The van der Waals surface area contributed by atoms with Crippen molar-refractivity contribution >= 4 is 11.9 Å². The number of esters is 1. The molecule has 0 radical (unpaired) electrons. The highest BCUT2D eigenvalue weighted by Gasteiger charge is 2.34. The van der Waals surface area contributed by atoms with Crippen molar-refractivity contribution in [3.05, 3.63) is 35.9 Å². The van der Waals surface area contributed by atoms with Crippen LogP contribution in [0.2, 0.25) is 0 Å². The van der Waals surface area contributed by atoms with Crippen molar-refractivity contribution in [2.45, 2.75) is 76.9 Å². The molecule has 1 fully saturated rings. The molecule has 2 rings (SSSR count). The van der Waals surface area contributed by atoms with E-state index in [0.717, 1.165) is 31.2 Å². The van der Waals surface area contributed by atoms with Crippen LogP contribution in [0.3, 0.4) is 0 Å². The highest BCUT2D eigenvalue weighted by atomic mass is 16.5. The van der Waals surface area contributed by atoms with Gasteiger partial charge in [0.1, 0.15) is 0 Å². The molecule has 0 bridgehead atoms. The van der Waals surface area contributed by atoms with Crippen LogP contribution in [0.1, 0.15) is 64.9 Å². The molecule has 0 aromatic heterocycles. The summed E-state index contributed by atoms with van der Waals surface area (Å²) in [5, 5.41) is 3.04. The monoisotopic (exact) mass is 331 g/mol.